The first-order valence-electron chi connectivity index (χ1n) is 9.06. The standard InChI is InChI=1S/C20H25N5O2/c1-20(2,3)17(12-25-11-10-21-13-25)24-18(26)9-8-16-19(27)23-15-7-5-4-6-14(15)22-16/h4-7,10-11,13,17H,8-9,12H2,1-3H3,(H,23,27)(H,24,26). The molecule has 142 valence electrons. The molecule has 3 rings (SSSR count). The number of benzene rings is 1. The fourth-order valence-corrected chi connectivity index (χ4v) is 2.88. The Balaban J connectivity index is 1.66. The number of H-pyrrole nitrogens is 1. The van der Waals surface area contributed by atoms with Crippen LogP contribution in [0.2, 0.25) is 0 Å². The lowest BCUT2D eigenvalue weighted by Gasteiger charge is -2.31. The molecule has 0 aliphatic heterocycles. The summed E-state index contributed by atoms with van der Waals surface area (Å²) in [5.74, 6) is -0.0931. The molecule has 1 atom stereocenters. The van der Waals surface area contributed by atoms with Crippen molar-refractivity contribution in [1.82, 2.24) is 24.8 Å². The Labute approximate surface area is 157 Å². The fraction of sp³-hybridized carbons (Fsp3) is 0.400. The zero-order chi connectivity index (χ0) is 19.4. The van der Waals surface area contributed by atoms with E-state index in [2.05, 4.69) is 41.0 Å². The van der Waals surface area contributed by atoms with Gasteiger partial charge in [-0.15, -0.1) is 0 Å². The Bertz CT molecular complexity index is 970. The van der Waals surface area contributed by atoms with Crippen molar-refractivity contribution in [3.63, 3.8) is 0 Å². The molecule has 0 saturated heterocycles. The van der Waals surface area contributed by atoms with Gasteiger partial charge in [0.1, 0.15) is 5.69 Å². The SMILES string of the molecule is CC(C)(C)C(Cn1ccnc1)NC(=O)CCc1nc2ccccc2[nH]c1=O. The zero-order valence-electron chi connectivity index (χ0n) is 15.9. The molecule has 0 fully saturated rings. The van der Waals surface area contributed by atoms with Crippen molar-refractivity contribution in [2.24, 2.45) is 5.41 Å². The first-order chi connectivity index (χ1) is 12.8. The van der Waals surface area contributed by atoms with Crippen LogP contribution < -0.4 is 10.9 Å². The van der Waals surface area contributed by atoms with Crippen LogP contribution in [0, 0.1) is 5.41 Å². The molecule has 2 N–H and O–H groups in total. The highest BCUT2D eigenvalue weighted by Crippen LogP contribution is 2.21. The molecule has 1 unspecified atom stereocenters. The van der Waals surface area contributed by atoms with Crippen molar-refractivity contribution in [2.45, 2.75) is 46.2 Å². The minimum atomic E-state index is -0.243. The Morgan fingerprint density at radius 1 is 1.30 bits per heavy atom. The maximum atomic E-state index is 12.5. The number of rotatable bonds is 6. The lowest BCUT2D eigenvalue weighted by molar-refractivity contribution is -0.122. The maximum absolute atomic E-state index is 12.5. The number of fused-ring (bicyclic) bond motifs is 1. The second kappa shape index (κ2) is 7.73. The summed E-state index contributed by atoms with van der Waals surface area (Å²) < 4.78 is 1.95. The topological polar surface area (TPSA) is 92.7 Å². The number of aromatic nitrogens is 4. The monoisotopic (exact) mass is 367 g/mol. The number of hydrogen-bond donors (Lipinski definition) is 2. The summed E-state index contributed by atoms with van der Waals surface area (Å²) in [7, 11) is 0. The molecular weight excluding hydrogens is 342 g/mol. The molecule has 0 saturated carbocycles. The molecule has 2 heterocycles. The van der Waals surface area contributed by atoms with Crippen molar-refractivity contribution < 1.29 is 4.79 Å². The molecule has 0 radical (unpaired) electrons. The van der Waals surface area contributed by atoms with E-state index in [1.807, 2.05) is 35.0 Å². The second-order valence-electron chi connectivity index (χ2n) is 7.78. The summed E-state index contributed by atoms with van der Waals surface area (Å²) in [6.07, 6.45) is 5.85. The van der Waals surface area contributed by atoms with E-state index in [1.54, 1.807) is 12.5 Å². The quantitative estimate of drug-likeness (QED) is 0.699. The van der Waals surface area contributed by atoms with Crippen LogP contribution >= 0.6 is 0 Å². The maximum Gasteiger partial charge on any atom is 0.270 e. The van der Waals surface area contributed by atoms with E-state index in [0.29, 0.717) is 24.2 Å². The number of aromatic amines is 1. The van der Waals surface area contributed by atoms with Gasteiger partial charge in [0.25, 0.3) is 5.56 Å². The molecule has 3 aromatic rings. The molecule has 7 nitrogen and oxygen atoms in total. The lowest BCUT2D eigenvalue weighted by Crippen LogP contribution is -2.46. The highest BCUT2D eigenvalue weighted by molar-refractivity contribution is 5.77. The third kappa shape index (κ3) is 4.81. The number of amides is 1. The third-order valence-electron chi connectivity index (χ3n) is 4.59. The molecule has 0 aliphatic carbocycles. The first kappa shape index (κ1) is 18.8. The van der Waals surface area contributed by atoms with Gasteiger partial charge in [-0.25, -0.2) is 9.97 Å². The summed E-state index contributed by atoms with van der Waals surface area (Å²) in [5, 5.41) is 3.09. The van der Waals surface area contributed by atoms with Crippen LogP contribution in [0.1, 0.15) is 32.9 Å². The van der Waals surface area contributed by atoms with Crippen LogP contribution in [0.5, 0.6) is 0 Å². The second-order valence-corrected chi connectivity index (χ2v) is 7.78. The molecule has 0 aliphatic rings. The van der Waals surface area contributed by atoms with Crippen molar-refractivity contribution in [1.29, 1.82) is 0 Å². The van der Waals surface area contributed by atoms with Crippen LogP contribution in [-0.4, -0.2) is 31.5 Å². The highest BCUT2D eigenvalue weighted by Gasteiger charge is 2.26. The molecule has 2 aromatic heterocycles. The van der Waals surface area contributed by atoms with Gasteiger partial charge in [0.2, 0.25) is 5.91 Å². The highest BCUT2D eigenvalue weighted by atomic mass is 16.1. The van der Waals surface area contributed by atoms with Crippen molar-refractivity contribution >= 4 is 16.9 Å². The number of carbonyl (C=O) groups is 1. The van der Waals surface area contributed by atoms with Crippen molar-refractivity contribution in [3.05, 3.63) is 59.0 Å². The fourth-order valence-electron chi connectivity index (χ4n) is 2.88. The normalized spacial score (nSPS) is 12.9. The number of para-hydroxylation sites is 2. The number of imidazole rings is 1. The van der Waals surface area contributed by atoms with Gasteiger partial charge >= 0.3 is 0 Å². The van der Waals surface area contributed by atoms with E-state index >= 15 is 0 Å². The Morgan fingerprint density at radius 3 is 2.78 bits per heavy atom. The van der Waals surface area contributed by atoms with Crippen molar-refractivity contribution in [2.75, 3.05) is 0 Å². The van der Waals surface area contributed by atoms with E-state index in [0.717, 1.165) is 5.52 Å². The van der Waals surface area contributed by atoms with E-state index < -0.39 is 0 Å². The average molecular weight is 367 g/mol. The van der Waals surface area contributed by atoms with Crippen molar-refractivity contribution in [3.8, 4) is 0 Å². The van der Waals surface area contributed by atoms with Gasteiger partial charge in [0.05, 0.1) is 23.4 Å². The number of nitrogens with zero attached hydrogens (tertiary/aromatic N) is 3. The summed E-state index contributed by atoms with van der Waals surface area (Å²) in [5.41, 5.74) is 1.44. The Morgan fingerprint density at radius 2 is 2.07 bits per heavy atom. The van der Waals surface area contributed by atoms with E-state index in [4.69, 9.17) is 0 Å². The van der Waals surface area contributed by atoms with Crippen LogP contribution in [0.4, 0.5) is 0 Å². The van der Waals surface area contributed by atoms with Gasteiger partial charge in [-0.3, -0.25) is 9.59 Å². The number of carbonyl (C=O) groups excluding carboxylic acids is 1. The molecular formula is C20H25N5O2. The van der Waals surface area contributed by atoms with E-state index in [9.17, 15) is 9.59 Å². The van der Waals surface area contributed by atoms with Crippen LogP contribution in [-0.2, 0) is 17.8 Å². The van der Waals surface area contributed by atoms with Crippen LogP contribution in [0.3, 0.4) is 0 Å². The molecule has 1 amide bonds. The van der Waals surface area contributed by atoms with Gasteiger partial charge < -0.3 is 14.9 Å². The summed E-state index contributed by atoms with van der Waals surface area (Å²) in [6.45, 7) is 6.91. The lowest BCUT2D eigenvalue weighted by atomic mass is 9.86. The Hall–Kier alpha value is -2.96. The van der Waals surface area contributed by atoms with Gasteiger partial charge in [0.15, 0.2) is 0 Å². The van der Waals surface area contributed by atoms with Crippen LogP contribution in [0.25, 0.3) is 11.0 Å². The first-order valence-corrected chi connectivity index (χ1v) is 9.06. The van der Waals surface area contributed by atoms with Gasteiger partial charge in [-0.1, -0.05) is 32.9 Å². The number of hydrogen-bond acceptors (Lipinski definition) is 4. The summed E-state index contributed by atoms with van der Waals surface area (Å²) in [4.78, 5) is 35.9. The zero-order valence-corrected chi connectivity index (χ0v) is 15.9. The van der Waals surface area contributed by atoms with E-state index in [1.165, 1.54) is 0 Å². The van der Waals surface area contributed by atoms with Gasteiger partial charge in [-0.05, 0) is 17.5 Å². The number of aryl methyl sites for hydroxylation is 1. The third-order valence-corrected chi connectivity index (χ3v) is 4.59. The molecule has 7 heteroatoms. The molecule has 0 spiro atoms. The predicted octanol–water partition coefficient (Wildman–Crippen LogP) is 2.28. The minimum Gasteiger partial charge on any atom is -0.351 e. The summed E-state index contributed by atoms with van der Waals surface area (Å²) >= 11 is 0. The average Bonchev–Trinajstić information content (AvgIpc) is 3.11. The molecule has 27 heavy (non-hydrogen) atoms. The smallest absolute Gasteiger partial charge is 0.270 e. The molecule has 1 aromatic carbocycles. The number of nitrogens with one attached hydrogen (secondary N) is 2. The Kier molecular flexibility index (Phi) is 5.39. The van der Waals surface area contributed by atoms with E-state index in [-0.39, 0.29) is 29.3 Å². The minimum absolute atomic E-state index is 0.0537. The summed E-state index contributed by atoms with van der Waals surface area (Å²) in [6, 6.07) is 7.32. The largest absolute Gasteiger partial charge is 0.351 e. The van der Waals surface area contributed by atoms with Gasteiger partial charge in [0, 0.05) is 31.8 Å². The molecule has 0 bridgehead atoms. The predicted molar refractivity (Wildman–Crippen MR) is 104 cm³/mol. The van der Waals surface area contributed by atoms with Crippen LogP contribution in [0.15, 0.2) is 47.8 Å². The van der Waals surface area contributed by atoms with Gasteiger partial charge in [-0.2, -0.15) is 0 Å².